The van der Waals surface area contributed by atoms with Crippen molar-refractivity contribution in [2.24, 2.45) is 19.5 Å². The summed E-state index contributed by atoms with van der Waals surface area (Å²) in [5.74, 6) is 0.0762. The number of rotatable bonds is 2. The van der Waals surface area contributed by atoms with E-state index < -0.39 is 5.41 Å². The van der Waals surface area contributed by atoms with Gasteiger partial charge in [-0.05, 0) is 18.9 Å². The molecule has 2 aliphatic carbocycles. The molecule has 6 nitrogen and oxygen atoms in total. The second-order valence-corrected chi connectivity index (χ2v) is 7.15. The van der Waals surface area contributed by atoms with Gasteiger partial charge < -0.3 is 4.57 Å². The van der Waals surface area contributed by atoms with Crippen molar-refractivity contribution in [1.29, 1.82) is 0 Å². The summed E-state index contributed by atoms with van der Waals surface area (Å²) in [5, 5.41) is 0. The fourth-order valence-electron chi connectivity index (χ4n) is 4.93. The predicted molar refractivity (Wildman–Crippen MR) is 89.9 cm³/mol. The van der Waals surface area contributed by atoms with Gasteiger partial charge in [0.05, 0.1) is 17.0 Å². The van der Waals surface area contributed by atoms with E-state index in [2.05, 4.69) is 11.5 Å². The molecule has 0 aromatic carbocycles. The third-order valence-corrected chi connectivity index (χ3v) is 6.01. The normalized spacial score (nSPS) is 31.0. The van der Waals surface area contributed by atoms with Crippen molar-refractivity contribution < 1.29 is 4.79 Å². The first-order chi connectivity index (χ1) is 11.4. The number of aromatic nitrogens is 2. The molecule has 1 saturated heterocycles. The Morgan fingerprint density at radius 3 is 2.75 bits per heavy atom. The molecule has 0 amide bonds. The Kier molecular flexibility index (Phi) is 3.12. The number of hydrogen-bond acceptors (Lipinski definition) is 4. The van der Waals surface area contributed by atoms with Crippen LogP contribution in [0.3, 0.4) is 0 Å². The van der Waals surface area contributed by atoms with Crippen molar-refractivity contribution in [1.82, 2.24) is 14.0 Å². The van der Waals surface area contributed by atoms with Crippen LogP contribution in [-0.4, -0.2) is 32.4 Å². The third-order valence-electron chi connectivity index (χ3n) is 6.01. The van der Waals surface area contributed by atoms with E-state index in [1.54, 1.807) is 13.1 Å². The highest BCUT2D eigenvalue weighted by Crippen LogP contribution is 2.58. The van der Waals surface area contributed by atoms with Crippen molar-refractivity contribution in [2.45, 2.75) is 31.3 Å². The molecule has 1 aromatic heterocycles. The molecule has 4 rings (SSSR count). The van der Waals surface area contributed by atoms with E-state index in [-0.39, 0.29) is 29.1 Å². The lowest BCUT2D eigenvalue weighted by Crippen LogP contribution is -2.43. The number of carbonyl (C=O) groups excluding carboxylic acids is 1. The molecular formula is C18H21N3O3. The molecule has 1 aromatic rings. The molecule has 0 saturated carbocycles. The van der Waals surface area contributed by atoms with Gasteiger partial charge in [-0.25, -0.2) is 4.79 Å². The van der Waals surface area contributed by atoms with E-state index >= 15 is 0 Å². The highest BCUT2D eigenvalue weighted by atomic mass is 16.2. The minimum atomic E-state index is -0.624. The zero-order chi connectivity index (χ0) is 17.2. The molecular weight excluding hydrogens is 306 g/mol. The lowest BCUT2D eigenvalue weighted by Gasteiger charge is -2.32. The highest BCUT2D eigenvalue weighted by molar-refractivity contribution is 5.97. The van der Waals surface area contributed by atoms with Gasteiger partial charge >= 0.3 is 5.69 Å². The summed E-state index contributed by atoms with van der Waals surface area (Å²) in [6.07, 6.45) is 7.43. The van der Waals surface area contributed by atoms with Gasteiger partial charge in [0, 0.05) is 38.8 Å². The van der Waals surface area contributed by atoms with Gasteiger partial charge in [-0.3, -0.25) is 19.1 Å². The number of hydrogen-bond donors (Lipinski definition) is 0. The average molecular weight is 327 g/mol. The van der Waals surface area contributed by atoms with Crippen molar-refractivity contribution in [3.05, 3.63) is 56.9 Å². The topological polar surface area (TPSA) is 64.3 Å². The fraction of sp³-hybridized carbons (Fsp3) is 0.500. The van der Waals surface area contributed by atoms with Gasteiger partial charge in [0.1, 0.15) is 0 Å². The maximum Gasteiger partial charge on any atom is 0.330 e. The Morgan fingerprint density at radius 2 is 2.04 bits per heavy atom. The summed E-state index contributed by atoms with van der Waals surface area (Å²) in [6, 6.07) is -0.0377. The number of allylic oxidation sites excluding steroid dienone is 1. The number of fused-ring (bicyclic) bond motifs is 3. The summed E-state index contributed by atoms with van der Waals surface area (Å²) in [7, 11) is 3.19. The highest BCUT2D eigenvalue weighted by Gasteiger charge is 2.61. The van der Waals surface area contributed by atoms with Crippen LogP contribution in [0.2, 0.25) is 0 Å². The standard InChI is InChI=1S/C18H21N3O3/c1-4-8-21-11-6-5-7-13(22)18(9-11)10-12-14(15(18)21)16(23)20(3)17(24)19(12)2/h4-5,7,11,15H,1,6,8-10H2,2-3H3/t11-,15-,18+/m0/s1. The van der Waals surface area contributed by atoms with Crippen LogP contribution in [0.15, 0.2) is 34.4 Å². The summed E-state index contributed by atoms with van der Waals surface area (Å²) in [6.45, 7) is 4.47. The molecule has 0 N–H and O–H groups in total. The summed E-state index contributed by atoms with van der Waals surface area (Å²) >= 11 is 0. The summed E-state index contributed by atoms with van der Waals surface area (Å²) in [5.41, 5.74) is 0.100. The predicted octanol–water partition coefficient (Wildman–Crippen LogP) is 0.457. The summed E-state index contributed by atoms with van der Waals surface area (Å²) in [4.78, 5) is 40.3. The van der Waals surface area contributed by atoms with E-state index in [0.29, 0.717) is 24.2 Å². The molecule has 1 fully saturated rings. The van der Waals surface area contributed by atoms with Crippen LogP contribution in [0.1, 0.15) is 30.1 Å². The SMILES string of the molecule is C=CCN1[C@H]2CC=CC(=O)[C@]3(Cc4c(c(=O)n(C)c(=O)n4C)[C@H]13)C2. The largest absolute Gasteiger partial charge is 0.330 e. The molecule has 2 bridgehead atoms. The van der Waals surface area contributed by atoms with Crippen LogP contribution in [0.5, 0.6) is 0 Å². The first-order valence-corrected chi connectivity index (χ1v) is 8.29. The molecule has 0 radical (unpaired) electrons. The quantitative estimate of drug-likeness (QED) is 0.740. The van der Waals surface area contributed by atoms with Gasteiger partial charge in [0.25, 0.3) is 5.56 Å². The second kappa shape index (κ2) is 4.89. The molecule has 3 aliphatic rings. The van der Waals surface area contributed by atoms with Gasteiger partial charge in [0.15, 0.2) is 5.78 Å². The van der Waals surface area contributed by atoms with Crippen LogP contribution in [0.4, 0.5) is 0 Å². The average Bonchev–Trinajstić information content (AvgIpc) is 2.98. The third kappa shape index (κ3) is 1.66. The monoisotopic (exact) mass is 327 g/mol. The molecule has 6 heteroatoms. The molecule has 1 aliphatic heterocycles. The maximum atomic E-state index is 13.0. The zero-order valence-corrected chi connectivity index (χ0v) is 14.0. The number of ketones is 1. The second-order valence-electron chi connectivity index (χ2n) is 7.15. The lowest BCUT2D eigenvalue weighted by atomic mass is 9.76. The minimum Gasteiger partial charge on any atom is -0.300 e. The van der Waals surface area contributed by atoms with Gasteiger partial charge in [-0.15, -0.1) is 6.58 Å². The first kappa shape index (κ1) is 15.3. The number of carbonyl (C=O) groups is 1. The van der Waals surface area contributed by atoms with Crippen molar-refractivity contribution >= 4 is 5.78 Å². The Morgan fingerprint density at radius 1 is 1.29 bits per heavy atom. The van der Waals surface area contributed by atoms with Gasteiger partial charge in [-0.1, -0.05) is 12.2 Å². The lowest BCUT2D eigenvalue weighted by molar-refractivity contribution is -0.124. The van der Waals surface area contributed by atoms with Crippen molar-refractivity contribution in [2.75, 3.05) is 6.54 Å². The van der Waals surface area contributed by atoms with E-state index in [1.165, 1.54) is 11.6 Å². The van der Waals surface area contributed by atoms with Gasteiger partial charge in [0.2, 0.25) is 0 Å². The number of nitrogens with zero attached hydrogens (tertiary/aromatic N) is 3. The number of likely N-dealkylation sites (tertiary alicyclic amines) is 1. The molecule has 3 atom stereocenters. The Balaban J connectivity index is 2.03. The Labute approximate surface area is 139 Å². The maximum absolute atomic E-state index is 13.0. The first-order valence-electron chi connectivity index (χ1n) is 8.29. The van der Waals surface area contributed by atoms with E-state index in [0.717, 1.165) is 17.4 Å². The molecule has 126 valence electrons. The van der Waals surface area contributed by atoms with Crippen LogP contribution in [0, 0.1) is 5.41 Å². The van der Waals surface area contributed by atoms with E-state index in [4.69, 9.17) is 0 Å². The Bertz CT molecular complexity index is 907. The van der Waals surface area contributed by atoms with Crippen molar-refractivity contribution in [3.8, 4) is 0 Å². The van der Waals surface area contributed by atoms with Crippen LogP contribution in [-0.2, 0) is 25.3 Å². The molecule has 1 spiro atoms. The Hall–Kier alpha value is -2.21. The van der Waals surface area contributed by atoms with E-state index in [1.807, 2.05) is 12.2 Å². The molecule has 24 heavy (non-hydrogen) atoms. The van der Waals surface area contributed by atoms with Crippen LogP contribution in [0.25, 0.3) is 0 Å². The van der Waals surface area contributed by atoms with Crippen LogP contribution >= 0.6 is 0 Å². The smallest absolute Gasteiger partial charge is 0.300 e. The summed E-state index contributed by atoms with van der Waals surface area (Å²) < 4.78 is 2.69. The van der Waals surface area contributed by atoms with Gasteiger partial charge in [-0.2, -0.15) is 0 Å². The molecule has 2 heterocycles. The van der Waals surface area contributed by atoms with Crippen molar-refractivity contribution in [3.63, 3.8) is 0 Å². The zero-order valence-electron chi connectivity index (χ0n) is 14.0. The van der Waals surface area contributed by atoms with E-state index in [9.17, 15) is 14.4 Å². The molecule has 0 unspecified atom stereocenters. The minimum absolute atomic E-state index is 0.0762. The van der Waals surface area contributed by atoms with Crippen LogP contribution < -0.4 is 11.2 Å². The fourth-order valence-corrected chi connectivity index (χ4v) is 4.93.